The number of hydrogen-bond donors (Lipinski definition) is 2. The fourth-order valence-corrected chi connectivity index (χ4v) is 2.81. The number of nitrogen functional groups attached to an aromatic ring is 1. The van der Waals surface area contributed by atoms with Gasteiger partial charge in [-0.05, 0) is 48.5 Å². The highest BCUT2D eigenvalue weighted by atomic mass is 19.1. The SMILES string of the molecule is Nc1cccc(-c2cn3cccc(OCC(=O)Nc4ccc(F)cc4)c3n2)c1. The summed E-state index contributed by atoms with van der Waals surface area (Å²) in [6, 6.07) is 16.5. The maximum Gasteiger partial charge on any atom is 0.262 e. The normalized spacial score (nSPS) is 10.8. The van der Waals surface area contributed by atoms with E-state index in [1.54, 1.807) is 6.07 Å². The summed E-state index contributed by atoms with van der Waals surface area (Å²) >= 11 is 0. The molecule has 0 saturated heterocycles. The van der Waals surface area contributed by atoms with E-state index in [-0.39, 0.29) is 18.3 Å². The van der Waals surface area contributed by atoms with Crippen LogP contribution in [0.3, 0.4) is 0 Å². The number of fused-ring (bicyclic) bond motifs is 1. The summed E-state index contributed by atoms with van der Waals surface area (Å²) < 4.78 is 20.4. The highest BCUT2D eigenvalue weighted by Crippen LogP contribution is 2.25. The lowest BCUT2D eigenvalue weighted by Gasteiger charge is -2.08. The van der Waals surface area contributed by atoms with Crippen LogP contribution in [0, 0.1) is 5.82 Å². The van der Waals surface area contributed by atoms with Gasteiger partial charge < -0.3 is 20.2 Å². The van der Waals surface area contributed by atoms with Gasteiger partial charge in [-0.25, -0.2) is 9.37 Å². The fourth-order valence-electron chi connectivity index (χ4n) is 2.81. The fraction of sp³-hybridized carbons (Fsp3) is 0.0476. The Morgan fingerprint density at radius 2 is 1.96 bits per heavy atom. The quantitative estimate of drug-likeness (QED) is 0.520. The zero-order valence-electron chi connectivity index (χ0n) is 14.8. The third kappa shape index (κ3) is 3.78. The number of halogens is 1. The second-order valence-corrected chi connectivity index (χ2v) is 6.20. The van der Waals surface area contributed by atoms with Crippen LogP contribution in [0.1, 0.15) is 0 Å². The van der Waals surface area contributed by atoms with Crippen LogP contribution < -0.4 is 15.8 Å². The monoisotopic (exact) mass is 376 g/mol. The Balaban J connectivity index is 1.51. The molecule has 0 aliphatic heterocycles. The molecule has 0 saturated carbocycles. The standard InChI is InChI=1S/C21H17FN4O2/c22-15-6-8-17(9-7-15)24-20(27)13-28-19-5-2-10-26-12-18(25-21(19)26)14-3-1-4-16(23)11-14/h1-12H,13,23H2,(H,24,27). The Kier molecular flexibility index (Phi) is 4.63. The van der Waals surface area contributed by atoms with Crippen LogP contribution in [0.5, 0.6) is 5.75 Å². The van der Waals surface area contributed by atoms with Crippen molar-refractivity contribution >= 4 is 22.9 Å². The zero-order chi connectivity index (χ0) is 19.5. The first-order chi connectivity index (χ1) is 13.6. The molecule has 7 heteroatoms. The number of rotatable bonds is 5. The van der Waals surface area contributed by atoms with Crippen LogP contribution in [0.25, 0.3) is 16.9 Å². The van der Waals surface area contributed by atoms with Crippen LogP contribution in [-0.2, 0) is 4.79 Å². The summed E-state index contributed by atoms with van der Waals surface area (Å²) in [5.74, 6) is -0.237. The Bertz CT molecular complexity index is 1140. The Labute approximate surface area is 160 Å². The molecular weight excluding hydrogens is 359 g/mol. The number of amides is 1. The molecule has 1 amide bonds. The van der Waals surface area contributed by atoms with Crippen molar-refractivity contribution in [2.75, 3.05) is 17.7 Å². The van der Waals surface area contributed by atoms with E-state index in [2.05, 4.69) is 10.3 Å². The van der Waals surface area contributed by atoms with Gasteiger partial charge in [0.1, 0.15) is 5.82 Å². The number of carbonyl (C=O) groups is 1. The van der Waals surface area contributed by atoms with Gasteiger partial charge in [-0.1, -0.05) is 12.1 Å². The minimum absolute atomic E-state index is 0.197. The number of nitrogens with two attached hydrogens (primary N) is 1. The van der Waals surface area contributed by atoms with E-state index < -0.39 is 0 Å². The lowest BCUT2D eigenvalue weighted by atomic mass is 10.1. The largest absolute Gasteiger partial charge is 0.480 e. The summed E-state index contributed by atoms with van der Waals surface area (Å²) in [6.45, 7) is -0.197. The summed E-state index contributed by atoms with van der Waals surface area (Å²) in [7, 11) is 0. The molecule has 140 valence electrons. The van der Waals surface area contributed by atoms with Gasteiger partial charge in [-0.3, -0.25) is 4.79 Å². The molecule has 0 aliphatic rings. The van der Waals surface area contributed by atoms with Crippen LogP contribution in [0.15, 0.2) is 73.1 Å². The predicted molar refractivity (Wildman–Crippen MR) is 106 cm³/mol. The molecule has 2 aromatic heterocycles. The zero-order valence-corrected chi connectivity index (χ0v) is 14.8. The highest BCUT2D eigenvalue weighted by Gasteiger charge is 2.11. The van der Waals surface area contributed by atoms with E-state index in [1.165, 1.54) is 24.3 Å². The molecule has 3 N–H and O–H groups in total. The molecule has 0 unspecified atom stereocenters. The average molecular weight is 376 g/mol. The van der Waals surface area contributed by atoms with E-state index in [0.717, 1.165) is 11.3 Å². The third-order valence-electron chi connectivity index (χ3n) is 4.12. The third-order valence-corrected chi connectivity index (χ3v) is 4.12. The van der Waals surface area contributed by atoms with Crippen molar-refractivity contribution in [2.45, 2.75) is 0 Å². The number of pyridine rings is 1. The number of carbonyl (C=O) groups excluding carboxylic acids is 1. The molecule has 0 bridgehead atoms. The van der Waals surface area contributed by atoms with Gasteiger partial charge >= 0.3 is 0 Å². The van der Waals surface area contributed by atoms with Gasteiger partial charge in [-0.2, -0.15) is 0 Å². The van der Waals surface area contributed by atoms with Gasteiger partial charge in [0.05, 0.1) is 5.69 Å². The van der Waals surface area contributed by atoms with Gasteiger partial charge in [0.15, 0.2) is 18.0 Å². The van der Waals surface area contributed by atoms with Crippen molar-refractivity contribution in [3.63, 3.8) is 0 Å². The van der Waals surface area contributed by atoms with Crippen molar-refractivity contribution in [2.24, 2.45) is 0 Å². The molecule has 2 heterocycles. The molecule has 4 rings (SSSR count). The summed E-state index contributed by atoms with van der Waals surface area (Å²) in [5, 5.41) is 2.65. The molecule has 28 heavy (non-hydrogen) atoms. The minimum Gasteiger partial charge on any atom is -0.480 e. The van der Waals surface area contributed by atoms with E-state index in [4.69, 9.17) is 10.5 Å². The maximum absolute atomic E-state index is 12.9. The van der Waals surface area contributed by atoms with Crippen molar-refractivity contribution in [3.8, 4) is 17.0 Å². The van der Waals surface area contributed by atoms with Crippen LogP contribution >= 0.6 is 0 Å². The second-order valence-electron chi connectivity index (χ2n) is 6.20. The van der Waals surface area contributed by atoms with Gasteiger partial charge in [-0.15, -0.1) is 0 Å². The predicted octanol–water partition coefficient (Wildman–Crippen LogP) is 3.74. The van der Waals surface area contributed by atoms with Crippen LogP contribution in [-0.4, -0.2) is 21.9 Å². The van der Waals surface area contributed by atoms with E-state index in [1.807, 2.05) is 47.1 Å². The molecule has 2 aromatic carbocycles. The summed E-state index contributed by atoms with van der Waals surface area (Å²) in [5.41, 5.74) is 9.24. The highest BCUT2D eigenvalue weighted by molar-refractivity contribution is 5.91. The molecule has 0 atom stereocenters. The number of nitrogens with zero attached hydrogens (tertiary/aromatic N) is 2. The number of anilines is 2. The molecule has 0 aliphatic carbocycles. The maximum atomic E-state index is 12.9. The Morgan fingerprint density at radius 1 is 1.14 bits per heavy atom. The first kappa shape index (κ1) is 17.5. The molecule has 6 nitrogen and oxygen atoms in total. The smallest absolute Gasteiger partial charge is 0.262 e. The van der Waals surface area contributed by atoms with Crippen LogP contribution in [0.2, 0.25) is 0 Å². The number of ether oxygens (including phenoxy) is 1. The number of nitrogens with one attached hydrogen (secondary N) is 1. The van der Waals surface area contributed by atoms with Gasteiger partial charge in [0.2, 0.25) is 0 Å². The van der Waals surface area contributed by atoms with Gasteiger partial charge in [0.25, 0.3) is 5.91 Å². The first-order valence-corrected chi connectivity index (χ1v) is 8.60. The number of aromatic nitrogens is 2. The van der Waals surface area contributed by atoms with E-state index in [0.29, 0.717) is 22.8 Å². The number of imidazole rings is 1. The number of benzene rings is 2. The molecule has 0 spiro atoms. The van der Waals surface area contributed by atoms with Crippen molar-refractivity contribution in [1.29, 1.82) is 0 Å². The van der Waals surface area contributed by atoms with Crippen molar-refractivity contribution in [1.82, 2.24) is 9.38 Å². The Morgan fingerprint density at radius 3 is 2.75 bits per heavy atom. The summed E-state index contributed by atoms with van der Waals surface area (Å²) in [4.78, 5) is 16.7. The first-order valence-electron chi connectivity index (χ1n) is 8.60. The molecule has 0 radical (unpaired) electrons. The van der Waals surface area contributed by atoms with Crippen LogP contribution in [0.4, 0.5) is 15.8 Å². The molecule has 0 fully saturated rings. The average Bonchev–Trinajstić information content (AvgIpc) is 3.13. The topological polar surface area (TPSA) is 81.6 Å². The van der Waals surface area contributed by atoms with Gasteiger partial charge in [0, 0.05) is 29.3 Å². The minimum atomic E-state index is -0.365. The molecular formula is C21H17FN4O2. The Hall–Kier alpha value is -3.87. The lowest BCUT2D eigenvalue weighted by molar-refractivity contribution is -0.118. The second kappa shape index (κ2) is 7.40. The molecule has 4 aromatic rings. The van der Waals surface area contributed by atoms with E-state index in [9.17, 15) is 9.18 Å². The summed E-state index contributed by atoms with van der Waals surface area (Å²) in [6.07, 6.45) is 3.72. The van der Waals surface area contributed by atoms with E-state index >= 15 is 0 Å². The number of hydrogen-bond acceptors (Lipinski definition) is 4. The van der Waals surface area contributed by atoms with Crippen molar-refractivity contribution < 1.29 is 13.9 Å². The lowest BCUT2D eigenvalue weighted by Crippen LogP contribution is -2.20. The van der Waals surface area contributed by atoms with Crippen molar-refractivity contribution in [3.05, 3.63) is 78.9 Å².